The normalized spacial score (nSPS) is 14.6. The van der Waals surface area contributed by atoms with Crippen LogP contribution in [-0.2, 0) is 26.5 Å². The van der Waals surface area contributed by atoms with Crippen LogP contribution in [0.3, 0.4) is 0 Å². The second-order valence-corrected chi connectivity index (χ2v) is 16.0. The molecule has 5 heteroatoms. The van der Waals surface area contributed by atoms with Gasteiger partial charge in [0.15, 0.2) is 0 Å². The largest absolute Gasteiger partial charge is 0.507 e. The molecule has 0 bridgehead atoms. The van der Waals surface area contributed by atoms with Gasteiger partial charge >= 0.3 is 0 Å². The molecule has 0 aliphatic heterocycles. The zero-order valence-corrected chi connectivity index (χ0v) is 35.7. The molecule has 0 unspecified atom stereocenters. The molecule has 6 aromatic carbocycles. The molecule has 58 heavy (non-hydrogen) atoms. The number of hydrogen-bond donors (Lipinski definition) is 1. The van der Waals surface area contributed by atoms with E-state index >= 15 is 0 Å². The molecule has 2 heterocycles. The number of phenolic OH excluding ortho intramolecular Hbond substituents is 1. The van der Waals surface area contributed by atoms with Crippen LogP contribution < -0.4 is 0 Å². The molecule has 0 aliphatic carbocycles. The number of nitrogens with zero attached hydrogens (tertiary/aromatic N) is 3. The summed E-state index contributed by atoms with van der Waals surface area (Å²) in [6.07, 6.45) is -0.553. The molecule has 2 aromatic heterocycles. The van der Waals surface area contributed by atoms with Crippen LogP contribution >= 0.6 is 0 Å². The van der Waals surface area contributed by atoms with Crippen molar-refractivity contribution in [2.45, 2.75) is 72.6 Å². The summed E-state index contributed by atoms with van der Waals surface area (Å²) in [6.45, 7) is 11.9. The van der Waals surface area contributed by atoms with E-state index in [9.17, 15) is 6.48 Å². The summed E-state index contributed by atoms with van der Waals surface area (Å²) in [6, 6.07) is 27.4. The number of phenols is 1. The first kappa shape index (κ1) is 28.8. The van der Waals surface area contributed by atoms with Gasteiger partial charge in [-0.25, -0.2) is 4.98 Å². The Labute approximate surface area is 373 Å². The van der Waals surface area contributed by atoms with Gasteiger partial charge in [0.25, 0.3) is 0 Å². The first-order valence-electron chi connectivity index (χ1n) is 24.6. The number of aromatic nitrogens is 3. The van der Waals surface area contributed by atoms with Crippen LogP contribution in [0.15, 0.2) is 139 Å². The molecule has 8 aromatic rings. The minimum atomic E-state index is -2.40. The Bertz CT molecular complexity index is 3290. The molecular weight excluding hydrogens is 890 g/mol. The topological polar surface area (TPSA) is 50.9 Å². The molecule has 8 rings (SSSR count). The van der Waals surface area contributed by atoms with Gasteiger partial charge in [-0.1, -0.05) is 156 Å². The van der Waals surface area contributed by atoms with Crippen molar-refractivity contribution in [3.63, 3.8) is 0 Å². The molecule has 1 N–H and O–H groups in total. The molecule has 4 nitrogen and oxygen atoms in total. The Hall–Kier alpha value is -5.57. The second kappa shape index (κ2) is 16.4. The fourth-order valence-electron chi connectivity index (χ4n) is 7.17. The molecular formula is C53H50N3OPt-. The predicted molar refractivity (Wildman–Crippen MR) is 238 cm³/mol. The number of fused-ring (bicyclic) bond motifs is 1. The summed E-state index contributed by atoms with van der Waals surface area (Å²) in [5.74, 6) is 0.525. The van der Waals surface area contributed by atoms with E-state index < -0.39 is 60.7 Å². The summed E-state index contributed by atoms with van der Waals surface area (Å²) >= 11 is 0. The molecule has 0 fully saturated rings. The Morgan fingerprint density at radius 2 is 1.50 bits per heavy atom. The first-order valence-corrected chi connectivity index (χ1v) is 19.1. The van der Waals surface area contributed by atoms with E-state index in [1.54, 1.807) is 24.3 Å². The van der Waals surface area contributed by atoms with Gasteiger partial charge < -0.3 is 5.11 Å². The summed E-state index contributed by atoms with van der Waals surface area (Å²) in [5.41, 5.74) is 6.48. The number of rotatable bonds is 8. The number of benzene rings is 6. The Morgan fingerprint density at radius 1 is 0.741 bits per heavy atom. The summed E-state index contributed by atoms with van der Waals surface area (Å²) in [4.78, 5) is 9.81. The van der Waals surface area contributed by atoms with E-state index in [1.807, 2.05) is 106 Å². The average Bonchev–Trinajstić information content (AvgIpc) is 3.68. The second-order valence-electron chi connectivity index (χ2n) is 16.0. The van der Waals surface area contributed by atoms with Crippen molar-refractivity contribution < 1.29 is 41.3 Å². The third-order valence-electron chi connectivity index (χ3n) is 10.3. The van der Waals surface area contributed by atoms with Crippen LogP contribution in [0.25, 0.3) is 72.7 Å². The van der Waals surface area contributed by atoms with Crippen molar-refractivity contribution in [2.24, 2.45) is 0 Å². The van der Waals surface area contributed by atoms with Crippen molar-refractivity contribution in [1.82, 2.24) is 14.5 Å². The van der Waals surface area contributed by atoms with Crippen molar-refractivity contribution in [1.29, 1.82) is 0 Å². The summed E-state index contributed by atoms with van der Waals surface area (Å²) in [7, 11) is 0. The van der Waals surface area contributed by atoms with E-state index in [0.717, 1.165) is 22.3 Å². The van der Waals surface area contributed by atoms with Crippen LogP contribution in [0.2, 0.25) is 0 Å². The standard InChI is InChI=1S/C53H50N3O.Pt/c1-33(2)39-30-44(34(3)4)51(57)46(31-39)52-55-50-43(20-15-21-49(50)56(52)48-23-22-35(5)26-45(48)37-18-13-10-14-19-37)40-27-41(29-42(28-40)53(6,7)8)47-32-38(24-25-54-47)36-16-11-9-12-17-36;/h9-26,28-34,57H,1-8H3;/q-1;/i5D3,9D,11D,12D,16D,17D,24D,25D,32D;. The third-order valence-corrected chi connectivity index (χ3v) is 10.3. The van der Waals surface area contributed by atoms with E-state index in [4.69, 9.17) is 18.7 Å². The molecule has 0 spiro atoms. The molecule has 0 radical (unpaired) electrons. The van der Waals surface area contributed by atoms with Gasteiger partial charge in [0, 0.05) is 42.6 Å². The van der Waals surface area contributed by atoms with Crippen LogP contribution in [0.5, 0.6) is 5.75 Å². The Balaban J connectivity index is 0.00000703. The minimum Gasteiger partial charge on any atom is -0.507 e. The van der Waals surface area contributed by atoms with E-state index in [0.29, 0.717) is 44.8 Å². The zero-order chi connectivity index (χ0) is 49.5. The van der Waals surface area contributed by atoms with Gasteiger partial charge in [-0.05, 0) is 82.2 Å². The van der Waals surface area contributed by atoms with Crippen LogP contribution in [-0.4, -0.2) is 19.6 Å². The van der Waals surface area contributed by atoms with Crippen LogP contribution in [0, 0.1) is 12.9 Å². The van der Waals surface area contributed by atoms with Gasteiger partial charge in [0.2, 0.25) is 0 Å². The molecule has 0 saturated heterocycles. The minimum absolute atomic E-state index is 0. The first-order chi connectivity index (χ1) is 31.9. The number of para-hydroxylation sites is 1. The van der Waals surface area contributed by atoms with Crippen molar-refractivity contribution in [3.05, 3.63) is 168 Å². The van der Waals surface area contributed by atoms with E-state index in [2.05, 4.69) is 24.9 Å². The SMILES string of the molecule is [2H]c1nc(-c2[c-]c(-c3cccc4c3nc(-c3cc(C(C)C)cc(C(C)C)c3O)n4-c3ccc(C([2H])([2H])[2H])cc3-c3ccccc3)cc(C(C)(C)C)c2)c([2H])c(-c2c([2H])c([2H])c([2H])c([2H])c2[2H])c1[2H].[Pt]. The third kappa shape index (κ3) is 7.83. The molecule has 0 saturated carbocycles. The number of aryl methyl sites for hydroxylation is 1. The van der Waals surface area contributed by atoms with Crippen molar-refractivity contribution >= 4 is 11.0 Å². The van der Waals surface area contributed by atoms with E-state index in [-0.39, 0.29) is 66.6 Å². The van der Waals surface area contributed by atoms with Gasteiger partial charge in [-0.15, -0.1) is 29.3 Å². The summed E-state index contributed by atoms with van der Waals surface area (Å²) < 4.78 is 96.2. The fourth-order valence-corrected chi connectivity index (χ4v) is 7.17. The predicted octanol–water partition coefficient (Wildman–Crippen LogP) is 14.1. The van der Waals surface area contributed by atoms with Crippen molar-refractivity contribution in [3.8, 4) is 67.5 Å². The quantitative estimate of drug-likeness (QED) is 0.154. The van der Waals surface area contributed by atoms with Gasteiger partial charge in [-0.3, -0.25) is 9.55 Å². The number of imidazole rings is 1. The smallest absolute Gasteiger partial charge is 0.148 e. The number of hydrogen-bond acceptors (Lipinski definition) is 3. The zero-order valence-electron chi connectivity index (χ0n) is 44.4. The van der Waals surface area contributed by atoms with Gasteiger partial charge in [0.05, 0.1) is 33.3 Å². The maximum atomic E-state index is 12.2. The fraction of sp³-hybridized carbons (Fsp3) is 0.208. The maximum Gasteiger partial charge on any atom is 0.148 e. The van der Waals surface area contributed by atoms with Crippen LogP contribution in [0.1, 0.15) is 97.6 Å². The van der Waals surface area contributed by atoms with Gasteiger partial charge in [0.1, 0.15) is 11.6 Å². The number of pyridine rings is 1. The number of aromatic hydroxyl groups is 1. The Morgan fingerprint density at radius 3 is 2.21 bits per heavy atom. The monoisotopic (exact) mass is 950 g/mol. The van der Waals surface area contributed by atoms with E-state index in [1.165, 1.54) is 0 Å². The van der Waals surface area contributed by atoms with Crippen molar-refractivity contribution in [2.75, 3.05) is 0 Å². The average molecular weight is 951 g/mol. The molecule has 0 aliphatic rings. The van der Waals surface area contributed by atoms with Gasteiger partial charge in [-0.2, -0.15) is 0 Å². The Kier molecular flexibility index (Phi) is 8.11. The molecule has 0 amide bonds. The molecule has 294 valence electrons. The molecule has 0 atom stereocenters. The maximum absolute atomic E-state index is 12.2. The summed E-state index contributed by atoms with van der Waals surface area (Å²) in [5, 5.41) is 12.2. The van der Waals surface area contributed by atoms with Crippen LogP contribution in [0.4, 0.5) is 0 Å².